The third-order valence-corrected chi connectivity index (χ3v) is 3.34. The van der Waals surface area contributed by atoms with Crippen LogP contribution in [0.1, 0.15) is 10.4 Å². The molecule has 0 atom stereocenters. The van der Waals surface area contributed by atoms with E-state index in [1.807, 2.05) is 0 Å². The monoisotopic (exact) mass is 308 g/mol. The van der Waals surface area contributed by atoms with Crippen molar-refractivity contribution in [3.63, 3.8) is 0 Å². The Morgan fingerprint density at radius 1 is 1.09 bits per heavy atom. The fraction of sp³-hybridized carbons (Fsp3) is 0. The quantitative estimate of drug-likeness (QED) is 0.570. The maximum Gasteiger partial charge on any atom is 0.324 e. The van der Waals surface area contributed by atoms with Crippen molar-refractivity contribution in [2.75, 3.05) is 11.1 Å². The molecule has 0 radical (unpaired) electrons. The molecule has 114 valence electrons. The summed E-state index contributed by atoms with van der Waals surface area (Å²) >= 11 is 0. The van der Waals surface area contributed by atoms with Crippen LogP contribution in [-0.2, 0) is 0 Å². The zero-order valence-corrected chi connectivity index (χ0v) is 11.9. The number of nitrogens with zero attached hydrogens (tertiary/aromatic N) is 2. The van der Waals surface area contributed by atoms with Gasteiger partial charge in [-0.05, 0) is 18.2 Å². The summed E-state index contributed by atoms with van der Waals surface area (Å²) in [6.45, 7) is 0. The van der Waals surface area contributed by atoms with Crippen molar-refractivity contribution < 1.29 is 9.72 Å². The number of nitrogens with one attached hydrogen (secondary N) is 1. The number of para-hydroxylation sites is 2. The summed E-state index contributed by atoms with van der Waals surface area (Å²) in [7, 11) is 0. The van der Waals surface area contributed by atoms with Gasteiger partial charge in [-0.1, -0.05) is 36.4 Å². The Bertz CT molecular complexity index is 910. The average molecular weight is 308 g/mol. The molecule has 3 N–H and O–H groups in total. The average Bonchev–Trinajstić information content (AvgIpc) is 2.54. The highest BCUT2D eigenvalue weighted by Crippen LogP contribution is 2.31. The van der Waals surface area contributed by atoms with Gasteiger partial charge < -0.3 is 11.1 Å². The van der Waals surface area contributed by atoms with Crippen LogP contribution in [0.15, 0.2) is 54.6 Å². The van der Waals surface area contributed by atoms with E-state index < -0.39 is 16.5 Å². The van der Waals surface area contributed by atoms with Crippen molar-refractivity contribution in [1.29, 1.82) is 0 Å². The molecule has 7 nitrogen and oxygen atoms in total. The van der Waals surface area contributed by atoms with Crippen LogP contribution < -0.4 is 11.1 Å². The molecule has 0 aliphatic heterocycles. The Kier molecular flexibility index (Phi) is 3.60. The second-order valence-corrected chi connectivity index (χ2v) is 4.82. The van der Waals surface area contributed by atoms with Crippen LogP contribution in [0.5, 0.6) is 0 Å². The fourth-order valence-electron chi connectivity index (χ4n) is 2.35. The fourth-order valence-corrected chi connectivity index (χ4v) is 2.35. The molecule has 0 bridgehead atoms. The van der Waals surface area contributed by atoms with E-state index in [0.717, 1.165) is 0 Å². The van der Waals surface area contributed by atoms with Gasteiger partial charge >= 0.3 is 5.69 Å². The molecule has 3 rings (SSSR count). The van der Waals surface area contributed by atoms with Crippen LogP contribution in [0.3, 0.4) is 0 Å². The smallest absolute Gasteiger partial charge is 0.324 e. The maximum absolute atomic E-state index is 12.6. The van der Waals surface area contributed by atoms with Crippen molar-refractivity contribution in [3.05, 3.63) is 70.3 Å². The number of nitro groups is 1. The van der Waals surface area contributed by atoms with Gasteiger partial charge in [-0.25, -0.2) is 4.98 Å². The number of hydrogen-bond donors (Lipinski definition) is 2. The second kappa shape index (κ2) is 5.72. The molecule has 1 aromatic heterocycles. The topological polar surface area (TPSA) is 111 Å². The number of fused-ring (bicyclic) bond motifs is 1. The van der Waals surface area contributed by atoms with Gasteiger partial charge in [-0.3, -0.25) is 14.9 Å². The number of benzene rings is 2. The lowest BCUT2D eigenvalue weighted by molar-refractivity contribution is -0.384. The molecule has 0 spiro atoms. The van der Waals surface area contributed by atoms with Gasteiger partial charge in [-0.15, -0.1) is 0 Å². The highest BCUT2D eigenvalue weighted by atomic mass is 16.6. The number of nitrogens with two attached hydrogens (primary N) is 1. The Labute approximate surface area is 130 Å². The SMILES string of the molecule is Nc1nc2ccccc2c(C(=O)Nc2ccccc2)c1[N+](=O)[O-]. The molecule has 0 fully saturated rings. The predicted octanol–water partition coefficient (Wildman–Crippen LogP) is 2.98. The highest BCUT2D eigenvalue weighted by molar-refractivity contribution is 6.16. The Morgan fingerprint density at radius 2 is 1.74 bits per heavy atom. The third kappa shape index (κ3) is 2.67. The van der Waals surface area contributed by atoms with Crippen LogP contribution in [0.2, 0.25) is 0 Å². The first-order valence-corrected chi connectivity index (χ1v) is 6.77. The van der Waals surface area contributed by atoms with Crippen LogP contribution in [0.25, 0.3) is 10.9 Å². The third-order valence-electron chi connectivity index (χ3n) is 3.34. The number of hydrogen-bond acceptors (Lipinski definition) is 5. The summed E-state index contributed by atoms with van der Waals surface area (Å²) in [4.78, 5) is 27.3. The van der Waals surface area contributed by atoms with Crippen molar-refractivity contribution in [3.8, 4) is 0 Å². The molecule has 0 aliphatic carbocycles. The lowest BCUT2D eigenvalue weighted by Crippen LogP contribution is -2.16. The van der Waals surface area contributed by atoms with Crippen LogP contribution in [-0.4, -0.2) is 15.8 Å². The Balaban J connectivity index is 2.19. The van der Waals surface area contributed by atoms with Gasteiger partial charge in [0.15, 0.2) is 0 Å². The summed E-state index contributed by atoms with van der Waals surface area (Å²) in [6.07, 6.45) is 0. The van der Waals surface area contributed by atoms with E-state index in [2.05, 4.69) is 10.3 Å². The normalized spacial score (nSPS) is 10.4. The molecule has 1 amide bonds. The zero-order chi connectivity index (χ0) is 16.4. The number of aromatic nitrogens is 1. The van der Waals surface area contributed by atoms with Crippen LogP contribution >= 0.6 is 0 Å². The van der Waals surface area contributed by atoms with Gasteiger partial charge in [0.25, 0.3) is 5.91 Å². The molecular weight excluding hydrogens is 296 g/mol. The largest absolute Gasteiger partial charge is 0.378 e. The molecular formula is C16H12N4O3. The summed E-state index contributed by atoms with van der Waals surface area (Å²) in [5.41, 5.74) is 6.06. The van der Waals surface area contributed by atoms with E-state index in [9.17, 15) is 14.9 Å². The second-order valence-electron chi connectivity index (χ2n) is 4.82. The van der Waals surface area contributed by atoms with Gasteiger partial charge in [-0.2, -0.15) is 0 Å². The van der Waals surface area contributed by atoms with Gasteiger partial charge in [0.05, 0.1) is 10.4 Å². The minimum absolute atomic E-state index is 0.0954. The lowest BCUT2D eigenvalue weighted by Gasteiger charge is -2.10. The number of carbonyl (C=O) groups excluding carboxylic acids is 1. The van der Waals surface area contributed by atoms with E-state index in [4.69, 9.17) is 5.73 Å². The molecule has 7 heteroatoms. The van der Waals surface area contributed by atoms with Crippen molar-refractivity contribution in [1.82, 2.24) is 4.98 Å². The standard InChI is InChI=1S/C16H12N4O3/c17-15-14(20(22)23)13(11-8-4-5-9-12(11)19-15)16(21)18-10-6-2-1-3-7-10/h1-9H,(H2,17,19)(H,18,21). The van der Waals surface area contributed by atoms with E-state index in [1.165, 1.54) is 0 Å². The molecule has 3 aromatic rings. The molecule has 1 heterocycles. The van der Waals surface area contributed by atoms with E-state index in [0.29, 0.717) is 16.6 Å². The number of rotatable bonds is 3. The zero-order valence-electron chi connectivity index (χ0n) is 11.9. The van der Waals surface area contributed by atoms with Crippen molar-refractivity contribution in [2.24, 2.45) is 0 Å². The van der Waals surface area contributed by atoms with Gasteiger partial charge in [0.2, 0.25) is 5.82 Å². The van der Waals surface area contributed by atoms with Crippen LogP contribution in [0.4, 0.5) is 17.2 Å². The first-order chi connectivity index (χ1) is 11.1. The van der Waals surface area contributed by atoms with E-state index in [-0.39, 0.29) is 11.4 Å². The number of carbonyl (C=O) groups is 1. The Hall–Kier alpha value is -3.48. The molecule has 0 saturated carbocycles. The van der Waals surface area contributed by atoms with E-state index in [1.54, 1.807) is 54.6 Å². The van der Waals surface area contributed by atoms with E-state index >= 15 is 0 Å². The number of nitrogen functional groups attached to an aromatic ring is 1. The van der Waals surface area contributed by atoms with Crippen LogP contribution in [0, 0.1) is 10.1 Å². The summed E-state index contributed by atoms with van der Waals surface area (Å²) in [6, 6.07) is 15.4. The summed E-state index contributed by atoms with van der Waals surface area (Å²) in [5, 5.41) is 14.4. The predicted molar refractivity (Wildman–Crippen MR) is 87.2 cm³/mol. The molecule has 2 aromatic carbocycles. The Morgan fingerprint density at radius 3 is 2.43 bits per heavy atom. The number of amides is 1. The first-order valence-electron chi connectivity index (χ1n) is 6.77. The molecule has 0 saturated heterocycles. The van der Waals surface area contributed by atoms with Gasteiger partial charge in [0.1, 0.15) is 5.56 Å². The molecule has 0 unspecified atom stereocenters. The van der Waals surface area contributed by atoms with Crippen molar-refractivity contribution >= 4 is 34.0 Å². The summed E-state index contributed by atoms with van der Waals surface area (Å²) < 4.78 is 0. The highest BCUT2D eigenvalue weighted by Gasteiger charge is 2.28. The molecule has 0 aliphatic rings. The minimum atomic E-state index is -0.686. The van der Waals surface area contributed by atoms with Crippen molar-refractivity contribution in [2.45, 2.75) is 0 Å². The number of pyridine rings is 1. The maximum atomic E-state index is 12.6. The lowest BCUT2D eigenvalue weighted by atomic mass is 10.1. The first kappa shape index (κ1) is 14.5. The van der Waals surface area contributed by atoms with Gasteiger partial charge in [0, 0.05) is 11.1 Å². The number of anilines is 2. The summed E-state index contributed by atoms with van der Waals surface area (Å²) in [5.74, 6) is -0.889. The molecule has 23 heavy (non-hydrogen) atoms. The minimum Gasteiger partial charge on any atom is -0.378 e.